The molecular weight excluding hydrogens is 172 g/mol. The van der Waals surface area contributed by atoms with Crippen LogP contribution in [0.2, 0.25) is 0 Å². The summed E-state index contributed by atoms with van der Waals surface area (Å²) in [6.45, 7) is 2.10. The highest BCUT2D eigenvalue weighted by molar-refractivity contribution is 5.45. The van der Waals surface area contributed by atoms with Crippen LogP contribution < -0.4 is 11.5 Å². The quantitative estimate of drug-likeness (QED) is 0.703. The van der Waals surface area contributed by atoms with Gasteiger partial charge in [0.05, 0.1) is 0 Å². The Morgan fingerprint density at radius 1 is 1.36 bits per heavy atom. The summed E-state index contributed by atoms with van der Waals surface area (Å²) in [5.74, 6) is 0.676. The molecule has 14 heavy (non-hydrogen) atoms. The lowest BCUT2D eigenvalue weighted by Gasteiger charge is -2.32. The number of rotatable bonds is 2. The molecule has 0 spiro atoms. The van der Waals surface area contributed by atoms with Crippen molar-refractivity contribution in [1.29, 1.82) is 0 Å². The van der Waals surface area contributed by atoms with Crippen LogP contribution in [0.4, 0.5) is 5.69 Å². The maximum Gasteiger partial charge on any atom is 0.0326 e. The van der Waals surface area contributed by atoms with Crippen molar-refractivity contribution in [3.05, 3.63) is 29.3 Å². The molecule has 2 nitrogen and oxygen atoms in total. The van der Waals surface area contributed by atoms with Crippen molar-refractivity contribution >= 4 is 5.69 Å². The summed E-state index contributed by atoms with van der Waals surface area (Å²) in [7, 11) is 0. The van der Waals surface area contributed by atoms with Gasteiger partial charge in [-0.25, -0.2) is 0 Å². The highest BCUT2D eigenvalue weighted by Crippen LogP contribution is 2.37. The first-order chi connectivity index (χ1) is 6.68. The van der Waals surface area contributed by atoms with E-state index in [4.69, 9.17) is 11.5 Å². The van der Waals surface area contributed by atoms with Gasteiger partial charge >= 0.3 is 0 Å². The Hall–Kier alpha value is -1.02. The number of hydrogen-bond acceptors (Lipinski definition) is 2. The Kier molecular flexibility index (Phi) is 2.46. The smallest absolute Gasteiger partial charge is 0.0326 e. The fraction of sp³-hybridized carbons (Fsp3) is 0.500. The van der Waals surface area contributed by atoms with Crippen LogP contribution in [0.25, 0.3) is 0 Å². The second kappa shape index (κ2) is 3.62. The summed E-state index contributed by atoms with van der Waals surface area (Å²) in [5, 5.41) is 0. The van der Waals surface area contributed by atoms with E-state index in [1.165, 1.54) is 30.4 Å². The van der Waals surface area contributed by atoms with Gasteiger partial charge in [0.15, 0.2) is 0 Å². The first kappa shape index (κ1) is 9.53. The Bertz CT molecular complexity index is 329. The largest absolute Gasteiger partial charge is 0.399 e. The summed E-state index contributed by atoms with van der Waals surface area (Å²) in [5.41, 5.74) is 15.3. The molecule has 4 N–H and O–H groups in total. The summed E-state index contributed by atoms with van der Waals surface area (Å²) < 4.78 is 0. The normalized spacial score (nSPS) is 19.0. The molecule has 0 amide bonds. The highest BCUT2D eigenvalue weighted by atomic mass is 14.7. The fourth-order valence-corrected chi connectivity index (χ4v) is 2.07. The first-order valence-corrected chi connectivity index (χ1v) is 5.30. The predicted molar refractivity (Wildman–Crippen MR) is 59.9 cm³/mol. The molecule has 2 heteroatoms. The Morgan fingerprint density at radius 2 is 2.07 bits per heavy atom. The van der Waals surface area contributed by atoms with Gasteiger partial charge in [0.1, 0.15) is 0 Å². The molecule has 1 saturated carbocycles. The minimum atomic E-state index is 0.187. The highest BCUT2D eigenvalue weighted by Gasteiger charge is 2.26. The molecule has 1 aromatic carbocycles. The van der Waals surface area contributed by atoms with Crippen molar-refractivity contribution in [3.63, 3.8) is 0 Å². The summed E-state index contributed by atoms with van der Waals surface area (Å²) in [6, 6.07) is 6.21. The van der Waals surface area contributed by atoms with Crippen LogP contribution in [-0.4, -0.2) is 0 Å². The van der Waals surface area contributed by atoms with Gasteiger partial charge in [-0.05, 0) is 48.9 Å². The van der Waals surface area contributed by atoms with E-state index in [0.717, 1.165) is 5.69 Å². The minimum absolute atomic E-state index is 0.187. The van der Waals surface area contributed by atoms with Crippen LogP contribution >= 0.6 is 0 Å². The first-order valence-electron chi connectivity index (χ1n) is 5.30. The van der Waals surface area contributed by atoms with Gasteiger partial charge < -0.3 is 11.5 Å². The molecule has 1 unspecified atom stereocenters. The van der Waals surface area contributed by atoms with Gasteiger partial charge in [-0.3, -0.25) is 0 Å². The molecular formula is C12H18N2. The lowest BCUT2D eigenvalue weighted by Crippen LogP contribution is -2.27. The molecule has 1 aromatic rings. The average molecular weight is 190 g/mol. The predicted octanol–water partition coefficient (Wildman–Crippen LogP) is 2.38. The zero-order valence-electron chi connectivity index (χ0n) is 8.66. The second-order valence-electron chi connectivity index (χ2n) is 4.33. The number of benzene rings is 1. The topological polar surface area (TPSA) is 52.0 Å². The van der Waals surface area contributed by atoms with Crippen LogP contribution in [0.1, 0.15) is 36.4 Å². The van der Waals surface area contributed by atoms with Crippen LogP contribution in [0.3, 0.4) is 0 Å². The summed E-state index contributed by atoms with van der Waals surface area (Å²) >= 11 is 0. The van der Waals surface area contributed by atoms with Crippen LogP contribution in [0.15, 0.2) is 18.2 Å². The van der Waals surface area contributed by atoms with Gasteiger partial charge in [0.2, 0.25) is 0 Å². The molecule has 1 aliphatic carbocycles. The number of hydrogen-bond donors (Lipinski definition) is 2. The monoisotopic (exact) mass is 190 g/mol. The van der Waals surface area contributed by atoms with Gasteiger partial charge in [-0.1, -0.05) is 12.5 Å². The third kappa shape index (κ3) is 1.62. The van der Waals surface area contributed by atoms with Crippen molar-refractivity contribution in [2.24, 2.45) is 11.7 Å². The van der Waals surface area contributed by atoms with E-state index in [0.29, 0.717) is 5.92 Å². The van der Waals surface area contributed by atoms with Gasteiger partial charge in [0.25, 0.3) is 0 Å². The maximum absolute atomic E-state index is 6.21. The number of aryl methyl sites for hydroxylation is 1. The van der Waals surface area contributed by atoms with E-state index in [1.807, 2.05) is 12.1 Å². The maximum atomic E-state index is 6.21. The Labute approximate surface area is 85.3 Å². The molecule has 0 aromatic heterocycles. The molecule has 0 radical (unpaired) electrons. The summed E-state index contributed by atoms with van der Waals surface area (Å²) in [6.07, 6.45) is 3.88. The van der Waals surface area contributed by atoms with Crippen molar-refractivity contribution < 1.29 is 0 Å². The lowest BCUT2D eigenvalue weighted by molar-refractivity contribution is 0.264. The number of anilines is 1. The van der Waals surface area contributed by atoms with Gasteiger partial charge in [-0.2, -0.15) is 0 Å². The minimum Gasteiger partial charge on any atom is -0.399 e. The number of nitrogens with two attached hydrogens (primary N) is 2. The molecule has 1 fully saturated rings. The third-order valence-corrected chi connectivity index (χ3v) is 3.32. The van der Waals surface area contributed by atoms with E-state index in [1.54, 1.807) is 0 Å². The number of nitrogen functional groups attached to an aromatic ring is 1. The third-order valence-electron chi connectivity index (χ3n) is 3.32. The molecule has 0 heterocycles. The zero-order valence-corrected chi connectivity index (χ0v) is 8.66. The zero-order chi connectivity index (χ0) is 10.1. The molecule has 0 aliphatic heterocycles. The van der Waals surface area contributed by atoms with Crippen molar-refractivity contribution in [2.45, 2.75) is 32.2 Å². The molecule has 0 bridgehead atoms. The SMILES string of the molecule is Cc1ccc(N)cc1C(N)C1CCC1. The second-order valence-corrected chi connectivity index (χ2v) is 4.33. The van der Waals surface area contributed by atoms with Crippen molar-refractivity contribution in [3.8, 4) is 0 Å². The molecule has 0 saturated heterocycles. The van der Waals surface area contributed by atoms with E-state index in [9.17, 15) is 0 Å². The van der Waals surface area contributed by atoms with E-state index in [-0.39, 0.29) is 6.04 Å². The van der Waals surface area contributed by atoms with E-state index >= 15 is 0 Å². The Morgan fingerprint density at radius 3 is 2.64 bits per heavy atom. The summed E-state index contributed by atoms with van der Waals surface area (Å²) in [4.78, 5) is 0. The van der Waals surface area contributed by atoms with Crippen LogP contribution in [-0.2, 0) is 0 Å². The molecule has 1 aliphatic rings. The molecule has 2 rings (SSSR count). The van der Waals surface area contributed by atoms with Crippen molar-refractivity contribution in [2.75, 3.05) is 5.73 Å². The van der Waals surface area contributed by atoms with Gasteiger partial charge in [0, 0.05) is 11.7 Å². The Balaban J connectivity index is 2.24. The lowest BCUT2D eigenvalue weighted by atomic mass is 9.77. The molecule has 76 valence electrons. The van der Waals surface area contributed by atoms with Gasteiger partial charge in [-0.15, -0.1) is 0 Å². The van der Waals surface area contributed by atoms with Crippen molar-refractivity contribution in [1.82, 2.24) is 0 Å². The van der Waals surface area contributed by atoms with Crippen LogP contribution in [0, 0.1) is 12.8 Å². The molecule has 1 atom stereocenters. The average Bonchev–Trinajstić information content (AvgIpc) is 2.06. The standard InChI is InChI=1S/C12H18N2/c1-8-5-6-10(13)7-11(8)12(14)9-3-2-4-9/h5-7,9,12H,2-4,13-14H2,1H3. The fourth-order valence-electron chi connectivity index (χ4n) is 2.07. The van der Waals surface area contributed by atoms with Crippen LogP contribution in [0.5, 0.6) is 0 Å². The van der Waals surface area contributed by atoms with E-state index in [2.05, 4.69) is 13.0 Å². The van der Waals surface area contributed by atoms with E-state index < -0.39 is 0 Å².